The molecule has 0 aliphatic heterocycles. The Kier molecular flexibility index (Phi) is 6.87. The predicted octanol–water partition coefficient (Wildman–Crippen LogP) is 1.27. The monoisotopic (exact) mass is 243 g/mol. The second kappa shape index (κ2) is 8.32. The summed E-state index contributed by atoms with van der Waals surface area (Å²) in [6.45, 7) is 2.62. The minimum Gasteiger partial charge on any atom is -0.382 e. The van der Waals surface area contributed by atoms with Crippen molar-refractivity contribution in [2.75, 3.05) is 45.0 Å². The summed E-state index contributed by atoms with van der Waals surface area (Å²) in [4.78, 5) is 8.20. The number of aromatic nitrogens is 2. The maximum atomic E-state index is 5.32. The quantitative estimate of drug-likeness (QED) is 0.421. The molecule has 0 spiro atoms. The van der Waals surface area contributed by atoms with Gasteiger partial charge >= 0.3 is 0 Å². The number of hydrogen-bond acceptors (Lipinski definition) is 6. The SMILES string of the molecule is COCCOCCNc1cc(SC)ncn1. The summed E-state index contributed by atoms with van der Waals surface area (Å²) >= 11 is 1.59. The molecule has 90 valence electrons. The molecule has 5 nitrogen and oxygen atoms in total. The van der Waals surface area contributed by atoms with Gasteiger partial charge in [0.2, 0.25) is 0 Å². The minimum atomic E-state index is 0.623. The van der Waals surface area contributed by atoms with Crippen LogP contribution < -0.4 is 5.32 Å². The number of methoxy groups -OCH3 is 1. The zero-order chi connectivity index (χ0) is 11.6. The summed E-state index contributed by atoms with van der Waals surface area (Å²) in [5, 5.41) is 4.12. The normalized spacial score (nSPS) is 10.4. The molecule has 0 saturated heterocycles. The lowest BCUT2D eigenvalue weighted by Crippen LogP contribution is -2.12. The highest BCUT2D eigenvalue weighted by molar-refractivity contribution is 7.98. The van der Waals surface area contributed by atoms with E-state index in [0.717, 1.165) is 17.4 Å². The molecule has 1 N–H and O–H groups in total. The summed E-state index contributed by atoms with van der Waals surface area (Å²) in [5.74, 6) is 0.828. The van der Waals surface area contributed by atoms with Crippen LogP contribution in [0.25, 0.3) is 0 Å². The van der Waals surface area contributed by atoms with E-state index in [2.05, 4.69) is 15.3 Å². The van der Waals surface area contributed by atoms with E-state index >= 15 is 0 Å². The Morgan fingerprint density at radius 2 is 2.19 bits per heavy atom. The van der Waals surface area contributed by atoms with Gasteiger partial charge in [0.1, 0.15) is 17.2 Å². The van der Waals surface area contributed by atoms with Crippen LogP contribution in [0.1, 0.15) is 0 Å². The molecular weight excluding hydrogens is 226 g/mol. The first-order valence-corrected chi connectivity index (χ1v) is 6.26. The van der Waals surface area contributed by atoms with Crippen molar-refractivity contribution < 1.29 is 9.47 Å². The van der Waals surface area contributed by atoms with E-state index in [1.807, 2.05) is 12.3 Å². The average Bonchev–Trinajstić information content (AvgIpc) is 2.34. The molecular formula is C10H17N3O2S. The molecule has 16 heavy (non-hydrogen) atoms. The van der Waals surface area contributed by atoms with Gasteiger partial charge < -0.3 is 14.8 Å². The van der Waals surface area contributed by atoms with Gasteiger partial charge in [-0.2, -0.15) is 0 Å². The molecule has 1 rings (SSSR count). The van der Waals surface area contributed by atoms with Crippen LogP contribution in [0.15, 0.2) is 17.4 Å². The smallest absolute Gasteiger partial charge is 0.130 e. The van der Waals surface area contributed by atoms with Crippen LogP contribution in [0.4, 0.5) is 5.82 Å². The molecule has 0 saturated carbocycles. The number of nitrogens with zero attached hydrogens (tertiary/aromatic N) is 2. The van der Waals surface area contributed by atoms with Crippen molar-refractivity contribution in [2.45, 2.75) is 5.03 Å². The van der Waals surface area contributed by atoms with Crippen LogP contribution in [0.2, 0.25) is 0 Å². The van der Waals surface area contributed by atoms with Crippen LogP contribution >= 0.6 is 11.8 Å². The fourth-order valence-electron chi connectivity index (χ4n) is 1.04. The van der Waals surface area contributed by atoms with Crippen molar-refractivity contribution in [3.63, 3.8) is 0 Å². The standard InChI is InChI=1S/C10H17N3O2S/c1-14-5-6-15-4-3-11-9-7-10(16-2)13-8-12-9/h7-8H,3-6H2,1-2H3,(H,11,12,13). The Labute approximate surface area is 100.0 Å². The highest BCUT2D eigenvalue weighted by atomic mass is 32.2. The third kappa shape index (κ3) is 5.29. The fraction of sp³-hybridized carbons (Fsp3) is 0.600. The van der Waals surface area contributed by atoms with Gasteiger partial charge in [-0.05, 0) is 6.26 Å². The average molecular weight is 243 g/mol. The maximum Gasteiger partial charge on any atom is 0.130 e. The fourth-order valence-corrected chi connectivity index (χ4v) is 1.43. The van der Waals surface area contributed by atoms with Gasteiger partial charge in [0.25, 0.3) is 0 Å². The number of nitrogens with one attached hydrogen (secondary N) is 1. The van der Waals surface area contributed by atoms with E-state index < -0.39 is 0 Å². The summed E-state index contributed by atoms with van der Waals surface area (Å²) < 4.78 is 10.2. The molecule has 0 bridgehead atoms. The van der Waals surface area contributed by atoms with Gasteiger partial charge in [0.05, 0.1) is 19.8 Å². The number of anilines is 1. The van der Waals surface area contributed by atoms with Gasteiger partial charge in [-0.1, -0.05) is 0 Å². The van der Waals surface area contributed by atoms with E-state index in [1.165, 1.54) is 0 Å². The number of hydrogen-bond donors (Lipinski definition) is 1. The van der Waals surface area contributed by atoms with Crippen LogP contribution in [0.3, 0.4) is 0 Å². The summed E-state index contributed by atoms with van der Waals surface area (Å²) in [6, 6.07) is 1.92. The number of ether oxygens (including phenoxy) is 2. The van der Waals surface area contributed by atoms with E-state index in [9.17, 15) is 0 Å². The Balaban J connectivity index is 2.16. The predicted molar refractivity (Wildman–Crippen MR) is 65.0 cm³/mol. The van der Waals surface area contributed by atoms with Crippen LogP contribution in [-0.2, 0) is 9.47 Å². The molecule has 6 heteroatoms. The van der Waals surface area contributed by atoms with E-state index in [1.54, 1.807) is 25.2 Å². The Hall–Kier alpha value is -0.850. The first-order valence-electron chi connectivity index (χ1n) is 5.03. The van der Waals surface area contributed by atoms with Crippen LogP contribution in [-0.4, -0.2) is 49.7 Å². The second-order valence-corrected chi connectivity index (χ2v) is 3.80. The van der Waals surface area contributed by atoms with Crippen molar-refractivity contribution in [1.29, 1.82) is 0 Å². The third-order valence-corrected chi connectivity index (χ3v) is 2.48. The summed E-state index contributed by atoms with van der Waals surface area (Å²) in [6.07, 6.45) is 3.54. The highest BCUT2D eigenvalue weighted by Crippen LogP contribution is 2.13. The van der Waals surface area contributed by atoms with Gasteiger partial charge in [0, 0.05) is 19.7 Å². The minimum absolute atomic E-state index is 0.623. The molecule has 0 atom stereocenters. The Morgan fingerprint density at radius 3 is 2.94 bits per heavy atom. The third-order valence-electron chi connectivity index (χ3n) is 1.84. The van der Waals surface area contributed by atoms with Crippen molar-refractivity contribution in [2.24, 2.45) is 0 Å². The number of rotatable bonds is 8. The van der Waals surface area contributed by atoms with Crippen LogP contribution in [0.5, 0.6) is 0 Å². The van der Waals surface area contributed by atoms with Gasteiger partial charge in [0.15, 0.2) is 0 Å². The Bertz CT molecular complexity index is 299. The van der Waals surface area contributed by atoms with Crippen molar-refractivity contribution in [3.8, 4) is 0 Å². The molecule has 0 aliphatic rings. The van der Waals surface area contributed by atoms with E-state index in [4.69, 9.17) is 9.47 Å². The lowest BCUT2D eigenvalue weighted by molar-refractivity contribution is 0.0759. The zero-order valence-electron chi connectivity index (χ0n) is 9.60. The topological polar surface area (TPSA) is 56.3 Å². The van der Waals surface area contributed by atoms with Crippen molar-refractivity contribution in [1.82, 2.24) is 9.97 Å². The molecule has 1 aromatic rings. The summed E-state index contributed by atoms with van der Waals surface area (Å²) in [7, 11) is 1.66. The van der Waals surface area contributed by atoms with Gasteiger partial charge in [-0.15, -0.1) is 11.8 Å². The van der Waals surface area contributed by atoms with E-state index in [0.29, 0.717) is 19.8 Å². The molecule has 0 unspecified atom stereocenters. The molecule has 0 aliphatic carbocycles. The maximum absolute atomic E-state index is 5.32. The lowest BCUT2D eigenvalue weighted by Gasteiger charge is -2.06. The molecule has 0 amide bonds. The largest absolute Gasteiger partial charge is 0.382 e. The van der Waals surface area contributed by atoms with Crippen molar-refractivity contribution >= 4 is 17.6 Å². The highest BCUT2D eigenvalue weighted by Gasteiger charge is 1.96. The Morgan fingerprint density at radius 1 is 1.31 bits per heavy atom. The van der Waals surface area contributed by atoms with Crippen LogP contribution in [0, 0.1) is 0 Å². The molecule has 1 heterocycles. The number of thioether (sulfide) groups is 1. The molecule has 0 aromatic carbocycles. The second-order valence-electron chi connectivity index (χ2n) is 2.98. The first kappa shape index (κ1) is 13.2. The first-order chi connectivity index (χ1) is 7.86. The van der Waals surface area contributed by atoms with Gasteiger partial charge in [-0.25, -0.2) is 9.97 Å². The molecule has 0 fully saturated rings. The van der Waals surface area contributed by atoms with Gasteiger partial charge in [-0.3, -0.25) is 0 Å². The van der Waals surface area contributed by atoms with E-state index in [-0.39, 0.29) is 0 Å². The van der Waals surface area contributed by atoms with Crippen molar-refractivity contribution in [3.05, 3.63) is 12.4 Å². The zero-order valence-corrected chi connectivity index (χ0v) is 10.4. The summed E-state index contributed by atoms with van der Waals surface area (Å²) in [5.41, 5.74) is 0. The molecule has 1 aromatic heterocycles. The lowest BCUT2D eigenvalue weighted by atomic mass is 10.5. The molecule has 0 radical (unpaired) electrons.